The lowest BCUT2D eigenvalue weighted by atomic mass is 10.0. The van der Waals surface area contributed by atoms with Crippen LogP contribution in [0.2, 0.25) is 0 Å². The van der Waals surface area contributed by atoms with Gasteiger partial charge < -0.3 is 10.1 Å². The van der Waals surface area contributed by atoms with Crippen LogP contribution < -0.4 is 10.1 Å². The highest BCUT2D eigenvalue weighted by molar-refractivity contribution is 6.52. The fraction of sp³-hybridized carbons (Fsp3) is 0.462. The second-order valence-electron chi connectivity index (χ2n) is 8.07. The summed E-state index contributed by atoms with van der Waals surface area (Å²) in [6.07, 6.45) is 13.1. The van der Waals surface area contributed by atoms with E-state index in [0.717, 1.165) is 29.9 Å². The number of ketones is 1. The second-order valence-corrected chi connectivity index (χ2v) is 8.07. The minimum atomic E-state index is -0.561. The largest absolute Gasteiger partial charge is 0.494 e. The van der Waals surface area contributed by atoms with Crippen molar-refractivity contribution in [1.82, 2.24) is 0 Å². The Balaban J connectivity index is 1.37. The monoisotopic (exact) mass is 407 g/mol. The van der Waals surface area contributed by atoms with Gasteiger partial charge in [0.1, 0.15) is 5.75 Å². The summed E-state index contributed by atoms with van der Waals surface area (Å²) in [5.41, 5.74) is 2.85. The molecule has 30 heavy (non-hydrogen) atoms. The molecule has 0 saturated carbocycles. The third kappa shape index (κ3) is 5.94. The van der Waals surface area contributed by atoms with Gasteiger partial charge >= 0.3 is 0 Å². The van der Waals surface area contributed by atoms with Crippen molar-refractivity contribution in [2.24, 2.45) is 0 Å². The van der Waals surface area contributed by atoms with Crippen LogP contribution in [-0.4, -0.2) is 18.3 Å². The first kappa shape index (κ1) is 22.1. The van der Waals surface area contributed by atoms with Crippen LogP contribution in [0.5, 0.6) is 5.75 Å². The van der Waals surface area contributed by atoms with E-state index in [1.165, 1.54) is 57.8 Å². The zero-order valence-electron chi connectivity index (χ0n) is 18.0. The van der Waals surface area contributed by atoms with Crippen molar-refractivity contribution >= 4 is 17.4 Å². The first-order valence-corrected chi connectivity index (χ1v) is 11.4. The van der Waals surface area contributed by atoms with Crippen molar-refractivity contribution in [2.75, 3.05) is 11.9 Å². The molecule has 0 aliphatic carbocycles. The van der Waals surface area contributed by atoms with Gasteiger partial charge in [0.05, 0.1) is 17.9 Å². The van der Waals surface area contributed by atoms with Gasteiger partial charge in [0.25, 0.3) is 11.7 Å². The fourth-order valence-electron chi connectivity index (χ4n) is 3.92. The van der Waals surface area contributed by atoms with E-state index in [1.54, 1.807) is 6.07 Å². The molecule has 4 heteroatoms. The van der Waals surface area contributed by atoms with Crippen molar-refractivity contribution in [3.8, 4) is 16.9 Å². The molecule has 0 saturated heterocycles. The van der Waals surface area contributed by atoms with E-state index >= 15 is 0 Å². The average molecular weight is 408 g/mol. The number of carbonyl (C=O) groups excluding carboxylic acids is 2. The van der Waals surface area contributed by atoms with E-state index in [2.05, 4.69) is 12.2 Å². The Hall–Kier alpha value is -2.62. The van der Waals surface area contributed by atoms with Crippen LogP contribution >= 0.6 is 0 Å². The van der Waals surface area contributed by atoms with E-state index in [4.69, 9.17) is 4.74 Å². The number of hydrogen-bond acceptors (Lipinski definition) is 3. The molecule has 0 spiro atoms. The summed E-state index contributed by atoms with van der Waals surface area (Å²) >= 11 is 0. The molecule has 1 aliphatic rings. The van der Waals surface area contributed by atoms with E-state index in [9.17, 15) is 9.59 Å². The van der Waals surface area contributed by atoms with Gasteiger partial charge in [-0.15, -0.1) is 0 Å². The summed E-state index contributed by atoms with van der Waals surface area (Å²) in [6.45, 7) is 3.00. The van der Waals surface area contributed by atoms with E-state index in [1.807, 2.05) is 36.4 Å². The third-order valence-electron chi connectivity index (χ3n) is 5.69. The number of Topliss-reactive ketones (excluding diaryl/α,β-unsaturated/α-hetero) is 1. The quantitative estimate of drug-likeness (QED) is 0.294. The molecular formula is C26H33NO3. The predicted octanol–water partition coefficient (Wildman–Crippen LogP) is 6.79. The molecule has 0 fully saturated rings. The minimum Gasteiger partial charge on any atom is -0.494 e. The van der Waals surface area contributed by atoms with Crippen LogP contribution in [0.25, 0.3) is 11.1 Å². The maximum atomic E-state index is 11.9. The SMILES string of the molecule is CCCCCCCCCCCCOc1ccc(-c2cccc3c2NC(=O)C3=O)cc1. The molecule has 0 bridgehead atoms. The molecule has 2 aromatic carbocycles. The van der Waals surface area contributed by atoms with Crippen molar-refractivity contribution < 1.29 is 14.3 Å². The highest BCUT2D eigenvalue weighted by atomic mass is 16.5. The number of hydrogen-bond donors (Lipinski definition) is 1. The van der Waals surface area contributed by atoms with Gasteiger partial charge in [-0.25, -0.2) is 0 Å². The number of nitrogens with one attached hydrogen (secondary N) is 1. The summed E-state index contributed by atoms with van der Waals surface area (Å²) in [5.74, 6) is -0.181. The number of benzene rings is 2. The molecular weight excluding hydrogens is 374 g/mol. The van der Waals surface area contributed by atoms with Crippen LogP contribution in [-0.2, 0) is 4.79 Å². The lowest BCUT2D eigenvalue weighted by molar-refractivity contribution is -0.112. The standard InChI is InChI=1S/C26H33NO3/c1-2-3-4-5-6-7-8-9-10-11-19-30-21-17-15-20(16-18-21)22-13-12-14-23-24(22)27-26(29)25(23)28/h12-18H,2-11,19H2,1H3,(H,27,28,29). The van der Waals surface area contributed by atoms with Crippen LogP contribution in [0.15, 0.2) is 42.5 Å². The molecule has 0 aromatic heterocycles. The second kappa shape index (κ2) is 11.5. The molecule has 160 valence electrons. The Morgan fingerprint density at radius 2 is 1.33 bits per heavy atom. The Kier molecular flexibility index (Phi) is 8.49. The summed E-state index contributed by atoms with van der Waals surface area (Å²) in [7, 11) is 0. The van der Waals surface area contributed by atoms with Gasteiger partial charge in [-0.3, -0.25) is 9.59 Å². The van der Waals surface area contributed by atoms with Gasteiger partial charge in [-0.05, 0) is 30.2 Å². The molecule has 1 heterocycles. The van der Waals surface area contributed by atoms with Crippen LogP contribution in [0.4, 0.5) is 5.69 Å². The van der Waals surface area contributed by atoms with E-state index < -0.39 is 11.7 Å². The molecule has 2 aromatic rings. The van der Waals surface area contributed by atoms with E-state index in [0.29, 0.717) is 11.3 Å². The summed E-state index contributed by atoms with van der Waals surface area (Å²) in [5, 5.41) is 2.68. The molecule has 3 rings (SSSR count). The topological polar surface area (TPSA) is 55.4 Å². The number of anilines is 1. The number of unbranched alkanes of at least 4 members (excludes halogenated alkanes) is 9. The zero-order chi connectivity index (χ0) is 21.2. The smallest absolute Gasteiger partial charge is 0.296 e. The number of para-hydroxylation sites is 1. The van der Waals surface area contributed by atoms with Gasteiger partial charge in [0, 0.05) is 5.56 Å². The number of amides is 1. The van der Waals surface area contributed by atoms with Crippen LogP contribution in [0.3, 0.4) is 0 Å². The van der Waals surface area contributed by atoms with Gasteiger partial charge in [0.2, 0.25) is 0 Å². The average Bonchev–Trinajstić information content (AvgIpc) is 3.06. The van der Waals surface area contributed by atoms with E-state index in [-0.39, 0.29) is 0 Å². The number of rotatable bonds is 13. The van der Waals surface area contributed by atoms with Crippen LogP contribution in [0.1, 0.15) is 81.5 Å². The zero-order valence-corrected chi connectivity index (χ0v) is 18.0. The summed E-state index contributed by atoms with van der Waals surface area (Å²) in [4.78, 5) is 23.6. The van der Waals surface area contributed by atoms with Gasteiger partial charge in [0.15, 0.2) is 0 Å². The molecule has 4 nitrogen and oxygen atoms in total. The highest BCUT2D eigenvalue weighted by Gasteiger charge is 2.29. The maximum Gasteiger partial charge on any atom is 0.296 e. The van der Waals surface area contributed by atoms with Crippen LogP contribution in [0, 0.1) is 0 Å². The molecule has 0 atom stereocenters. The molecule has 0 radical (unpaired) electrons. The van der Waals surface area contributed by atoms with Crippen molar-refractivity contribution in [2.45, 2.75) is 71.1 Å². The minimum absolute atomic E-state index is 0.443. The predicted molar refractivity (Wildman–Crippen MR) is 122 cm³/mol. The Morgan fingerprint density at radius 1 is 0.733 bits per heavy atom. The fourth-order valence-corrected chi connectivity index (χ4v) is 3.92. The first-order chi connectivity index (χ1) is 14.7. The summed E-state index contributed by atoms with van der Waals surface area (Å²) in [6, 6.07) is 13.2. The third-order valence-corrected chi connectivity index (χ3v) is 5.69. The maximum absolute atomic E-state index is 11.9. The Morgan fingerprint density at radius 3 is 2.00 bits per heavy atom. The van der Waals surface area contributed by atoms with Gasteiger partial charge in [-0.2, -0.15) is 0 Å². The van der Waals surface area contributed by atoms with Crippen molar-refractivity contribution in [3.63, 3.8) is 0 Å². The number of ether oxygens (including phenoxy) is 1. The molecule has 1 aliphatic heterocycles. The lowest BCUT2D eigenvalue weighted by Crippen LogP contribution is -2.12. The Labute approximate surface area is 180 Å². The molecule has 1 N–H and O–H groups in total. The summed E-state index contributed by atoms with van der Waals surface area (Å²) < 4.78 is 5.87. The van der Waals surface area contributed by atoms with Crippen molar-refractivity contribution in [3.05, 3.63) is 48.0 Å². The molecule has 0 unspecified atom stereocenters. The normalized spacial score (nSPS) is 12.7. The van der Waals surface area contributed by atoms with Crippen molar-refractivity contribution in [1.29, 1.82) is 0 Å². The number of carbonyl (C=O) groups is 2. The Bertz CT molecular complexity index is 842. The first-order valence-electron chi connectivity index (χ1n) is 11.4. The number of fused-ring (bicyclic) bond motifs is 1. The molecule has 1 amide bonds. The lowest BCUT2D eigenvalue weighted by Gasteiger charge is -2.10. The van der Waals surface area contributed by atoms with Gasteiger partial charge in [-0.1, -0.05) is 89.0 Å². The highest BCUT2D eigenvalue weighted by Crippen LogP contribution is 2.35.